The molecule has 5 rings (SSSR count). The number of likely N-dealkylation sites (N-methyl/N-ethyl adjacent to an activating group) is 2. The van der Waals surface area contributed by atoms with Crippen LogP contribution in [-0.4, -0.2) is 62.2 Å². The molecule has 0 spiro atoms. The van der Waals surface area contributed by atoms with Gasteiger partial charge in [0, 0.05) is 50.9 Å². The quantitative estimate of drug-likeness (QED) is 0.0482. The van der Waals surface area contributed by atoms with Gasteiger partial charge in [-0.25, -0.2) is 0 Å². The monoisotopic (exact) mass is 884 g/mol. The van der Waals surface area contributed by atoms with E-state index in [2.05, 4.69) is 43.5 Å². The van der Waals surface area contributed by atoms with E-state index in [1.54, 1.807) is 23.0 Å². The third kappa shape index (κ3) is 10.4. The molecule has 2 aromatic heterocycles. The van der Waals surface area contributed by atoms with Gasteiger partial charge in [-0.3, -0.25) is 19.5 Å². The van der Waals surface area contributed by atoms with Gasteiger partial charge >= 0.3 is 6.18 Å². The van der Waals surface area contributed by atoms with E-state index in [4.69, 9.17) is 4.42 Å². The number of aromatic nitrogens is 1. The minimum atomic E-state index is -4.48. The van der Waals surface area contributed by atoms with Gasteiger partial charge in [0.25, 0.3) is 5.91 Å². The zero-order chi connectivity index (χ0) is 37.3. The number of benzene rings is 3. The van der Waals surface area contributed by atoms with Crippen molar-refractivity contribution < 1.29 is 27.2 Å². The molecule has 270 valence electrons. The highest BCUT2D eigenvalue weighted by atomic mass is 127. The van der Waals surface area contributed by atoms with Crippen LogP contribution in [0, 0.1) is 0 Å². The molecule has 12 heteroatoms. The lowest BCUT2D eigenvalue weighted by Gasteiger charge is -2.41. The van der Waals surface area contributed by atoms with E-state index < -0.39 is 21.2 Å². The summed E-state index contributed by atoms with van der Waals surface area (Å²) < 4.78 is 44.5. The number of amides is 2. The van der Waals surface area contributed by atoms with Gasteiger partial charge in [0.2, 0.25) is 5.91 Å². The summed E-state index contributed by atoms with van der Waals surface area (Å²) in [5, 5.41) is 0. The maximum Gasteiger partial charge on any atom is 0.416 e. The lowest BCUT2D eigenvalue weighted by atomic mass is 10.0. The van der Waals surface area contributed by atoms with Crippen LogP contribution in [0.4, 0.5) is 13.2 Å². The van der Waals surface area contributed by atoms with Crippen molar-refractivity contribution in [2.45, 2.75) is 29.2 Å². The molecular weight excluding hydrogens is 848 g/mol. The van der Waals surface area contributed by atoms with Gasteiger partial charge in [-0.15, -0.1) is 0 Å². The number of carbonyl (C=O) groups is 2. The number of halogens is 5. The summed E-state index contributed by atoms with van der Waals surface area (Å²) in [6, 6.07) is 31.1. The van der Waals surface area contributed by atoms with Gasteiger partial charge in [-0.1, -0.05) is 72.8 Å². The largest absolute Gasteiger partial charge is 0.453 e. The first-order valence-electron chi connectivity index (χ1n) is 16.4. The number of nitrogens with zero attached hydrogens (tertiary/aromatic N) is 4. The molecule has 0 bridgehead atoms. The summed E-state index contributed by atoms with van der Waals surface area (Å²) in [7, 11) is 3.66. The highest BCUT2D eigenvalue weighted by Gasteiger charge is 2.45. The third-order valence-electron chi connectivity index (χ3n) is 8.43. The maximum absolute atomic E-state index is 14.7. The molecule has 52 heavy (non-hydrogen) atoms. The number of pyridine rings is 1. The first-order chi connectivity index (χ1) is 24.8. The fourth-order valence-electron chi connectivity index (χ4n) is 5.56. The number of furan rings is 1. The molecule has 0 aliphatic heterocycles. The summed E-state index contributed by atoms with van der Waals surface area (Å²) in [6.07, 6.45) is 0.230. The Kier molecular flexibility index (Phi) is 13.1. The molecule has 5 aromatic rings. The highest BCUT2D eigenvalue weighted by Crippen LogP contribution is 2.34. The Hall–Kier alpha value is -4.27. The molecule has 1 unspecified atom stereocenters. The number of alkyl halides is 4. The minimum Gasteiger partial charge on any atom is -0.453 e. The van der Waals surface area contributed by atoms with E-state index in [0.29, 0.717) is 29.9 Å². The number of carbonyl (C=O) groups excluding carboxylic acids is 2. The predicted molar refractivity (Wildman–Crippen MR) is 208 cm³/mol. The van der Waals surface area contributed by atoms with E-state index in [0.717, 1.165) is 40.3 Å². The fraction of sp³-hybridized carbons (Fsp3) is 0.225. The van der Waals surface area contributed by atoms with E-state index in [1.165, 1.54) is 24.3 Å². The Morgan fingerprint density at radius 2 is 1.52 bits per heavy atom. The van der Waals surface area contributed by atoms with Gasteiger partial charge < -0.3 is 14.2 Å². The van der Waals surface area contributed by atoms with Gasteiger partial charge in [0.05, 0.1) is 17.8 Å². The molecule has 0 fully saturated rings. The Labute approximate surface area is 323 Å². The first kappa shape index (κ1) is 38.9. The van der Waals surface area contributed by atoms with Crippen molar-refractivity contribution >= 4 is 56.4 Å². The topological polar surface area (TPSA) is 69.9 Å². The van der Waals surface area contributed by atoms with Crippen LogP contribution in [0.1, 0.15) is 28.0 Å². The average molecular weight is 886 g/mol. The zero-order valence-electron chi connectivity index (χ0n) is 28.6. The highest BCUT2D eigenvalue weighted by molar-refractivity contribution is 14.1. The summed E-state index contributed by atoms with van der Waals surface area (Å²) >= 11 is 5.43. The summed E-state index contributed by atoms with van der Waals surface area (Å²) in [6.45, 7) is 1.54. The Balaban J connectivity index is 1.46. The van der Waals surface area contributed by atoms with Gasteiger partial charge in [-0.05, 0) is 105 Å². The molecular formula is C40H37BrF3IN4O3. The Morgan fingerprint density at radius 1 is 0.827 bits per heavy atom. The normalized spacial score (nSPS) is 12.9. The van der Waals surface area contributed by atoms with Crippen molar-refractivity contribution in [3.8, 4) is 11.3 Å². The molecule has 3 aromatic carbocycles. The van der Waals surface area contributed by atoms with Crippen LogP contribution in [0.25, 0.3) is 17.3 Å². The average Bonchev–Trinajstić information content (AvgIpc) is 3.56. The molecule has 0 radical (unpaired) electrons. The van der Waals surface area contributed by atoms with Crippen LogP contribution in [-0.2, 0) is 35.3 Å². The summed E-state index contributed by atoms with van der Waals surface area (Å²) in [4.78, 5) is 38.6. The van der Waals surface area contributed by atoms with Crippen molar-refractivity contribution in [2.24, 2.45) is 0 Å². The van der Waals surface area contributed by atoms with Crippen molar-refractivity contribution in [3.63, 3.8) is 0 Å². The van der Waals surface area contributed by atoms with Crippen LogP contribution >= 0.6 is 38.5 Å². The molecule has 7 nitrogen and oxygen atoms in total. The number of rotatable bonds is 14. The fourth-order valence-corrected chi connectivity index (χ4v) is 7.17. The van der Waals surface area contributed by atoms with Crippen molar-refractivity contribution in [1.82, 2.24) is 19.7 Å². The smallest absolute Gasteiger partial charge is 0.416 e. The molecule has 1 atom stereocenters. The lowest BCUT2D eigenvalue weighted by molar-refractivity contribution is -0.144. The van der Waals surface area contributed by atoms with E-state index in [1.807, 2.05) is 96.9 Å². The van der Waals surface area contributed by atoms with Crippen molar-refractivity contribution in [3.05, 3.63) is 154 Å². The van der Waals surface area contributed by atoms with Crippen molar-refractivity contribution in [2.75, 3.05) is 27.2 Å². The van der Waals surface area contributed by atoms with E-state index >= 15 is 0 Å². The second kappa shape index (κ2) is 17.5. The van der Waals surface area contributed by atoms with Crippen LogP contribution < -0.4 is 0 Å². The molecule has 0 saturated carbocycles. The van der Waals surface area contributed by atoms with Gasteiger partial charge in [-0.2, -0.15) is 13.2 Å². The van der Waals surface area contributed by atoms with E-state index in [-0.39, 0.29) is 18.9 Å². The van der Waals surface area contributed by atoms with Crippen LogP contribution in [0.2, 0.25) is 0 Å². The van der Waals surface area contributed by atoms with Crippen LogP contribution in [0.15, 0.2) is 131 Å². The molecule has 2 amide bonds. The summed E-state index contributed by atoms with van der Waals surface area (Å²) in [5.74, 6) is 0.0371. The second-order valence-corrected chi connectivity index (χ2v) is 14.9. The van der Waals surface area contributed by atoms with Gasteiger partial charge in [0.1, 0.15) is 5.76 Å². The molecule has 0 aliphatic rings. The Bertz CT molecular complexity index is 1960. The zero-order valence-corrected chi connectivity index (χ0v) is 32.3. The molecule has 0 N–H and O–H groups in total. The van der Waals surface area contributed by atoms with Crippen LogP contribution in [0.3, 0.4) is 0 Å². The lowest BCUT2D eigenvalue weighted by Crippen LogP contribution is -2.58. The minimum absolute atomic E-state index is 0.0846. The van der Waals surface area contributed by atoms with Gasteiger partial charge in [0.15, 0.2) is 8.22 Å². The number of hydrogen-bond donors (Lipinski definition) is 0. The SMILES string of the molecule is CN(CCN(C)C(=O)C(I)(Cc1ccccc1)N(Cc1ccc(-c2ccccn2)cc1)C(=O)C=Cc1ccc(C(F)(F)F)cc1)Cc1ccc(Br)o1. The summed E-state index contributed by atoms with van der Waals surface area (Å²) in [5.41, 5.74) is 2.97. The third-order valence-corrected chi connectivity index (χ3v) is 10.3. The standard InChI is InChI=1S/C40H37BrF3IN4O3/c1-47(28-34-20-21-36(41)52-34)24-25-48(2)38(51)39(45,26-30-8-4-3-5-9-30)49(27-31-11-16-32(17-12-31)35-10-6-7-23-46-35)37(50)22-15-29-13-18-33(19-14-29)40(42,43)44/h3-23H,24-28H2,1-2H3. The van der Waals surface area contributed by atoms with Crippen molar-refractivity contribution in [1.29, 1.82) is 0 Å². The Morgan fingerprint density at radius 3 is 2.13 bits per heavy atom. The number of hydrogen-bond acceptors (Lipinski definition) is 5. The molecule has 2 heterocycles. The molecule has 0 saturated heterocycles. The van der Waals surface area contributed by atoms with E-state index in [9.17, 15) is 22.8 Å². The predicted octanol–water partition coefficient (Wildman–Crippen LogP) is 9.13. The maximum atomic E-state index is 14.7. The first-order valence-corrected chi connectivity index (χ1v) is 18.3. The molecule has 0 aliphatic carbocycles. The second-order valence-electron chi connectivity index (χ2n) is 12.4. The van der Waals surface area contributed by atoms with Crippen LogP contribution in [0.5, 0.6) is 0 Å².